The lowest BCUT2D eigenvalue weighted by Gasteiger charge is -2.08. The molecule has 0 spiro atoms. The first kappa shape index (κ1) is 14.6. The summed E-state index contributed by atoms with van der Waals surface area (Å²) in [5.41, 5.74) is 1.01. The van der Waals surface area contributed by atoms with Crippen molar-refractivity contribution in [1.29, 1.82) is 0 Å². The number of sulfonamides is 1. The molecule has 0 aliphatic carbocycles. The maximum atomic E-state index is 11.5. The molecular formula is C12H16N4O3S. The number of nitrogens with zero attached hydrogens (tertiary/aromatic N) is 3. The third-order valence-electron chi connectivity index (χ3n) is 2.77. The van der Waals surface area contributed by atoms with Crippen molar-refractivity contribution in [3.63, 3.8) is 0 Å². The molecule has 20 heavy (non-hydrogen) atoms. The summed E-state index contributed by atoms with van der Waals surface area (Å²) < 4.78 is 29.4. The lowest BCUT2D eigenvalue weighted by atomic mass is 10.1. The van der Waals surface area contributed by atoms with E-state index in [9.17, 15) is 8.42 Å². The van der Waals surface area contributed by atoms with E-state index in [0.29, 0.717) is 25.4 Å². The van der Waals surface area contributed by atoms with Crippen molar-refractivity contribution in [2.45, 2.75) is 18.1 Å². The second-order valence-electron chi connectivity index (χ2n) is 4.25. The monoisotopic (exact) mass is 296 g/mol. The first-order valence-corrected chi connectivity index (χ1v) is 7.54. The highest BCUT2D eigenvalue weighted by Crippen LogP contribution is 2.12. The van der Waals surface area contributed by atoms with Crippen LogP contribution in [0.4, 0.5) is 0 Å². The molecule has 2 rings (SSSR count). The zero-order valence-corrected chi connectivity index (χ0v) is 11.9. The summed E-state index contributed by atoms with van der Waals surface area (Å²) in [4.78, 5) is 0. The maximum absolute atomic E-state index is 11.5. The summed E-state index contributed by atoms with van der Waals surface area (Å²) in [7, 11) is -2.36. The van der Waals surface area contributed by atoms with E-state index in [0.717, 1.165) is 5.56 Å². The first-order valence-electron chi connectivity index (χ1n) is 6.00. The zero-order valence-electron chi connectivity index (χ0n) is 11.1. The molecule has 2 N–H and O–H groups in total. The molecule has 7 nitrogen and oxygen atoms in total. The fourth-order valence-corrected chi connectivity index (χ4v) is 2.50. The van der Waals surface area contributed by atoms with Gasteiger partial charge in [-0.2, -0.15) is 0 Å². The summed E-state index contributed by atoms with van der Waals surface area (Å²) in [5, 5.41) is 12.5. The van der Waals surface area contributed by atoms with Crippen LogP contribution < -0.4 is 5.14 Å². The molecular weight excluding hydrogens is 280 g/mol. The van der Waals surface area contributed by atoms with Gasteiger partial charge in [0.2, 0.25) is 0 Å². The van der Waals surface area contributed by atoms with Gasteiger partial charge in [-0.3, -0.25) is 4.57 Å². The van der Waals surface area contributed by atoms with Crippen molar-refractivity contribution in [3.05, 3.63) is 41.7 Å². The minimum atomic E-state index is -3.90. The van der Waals surface area contributed by atoms with Crippen LogP contribution in [0.5, 0.6) is 0 Å². The summed E-state index contributed by atoms with van der Waals surface area (Å²) in [6, 6.07) is 9.60. The average molecular weight is 296 g/mol. The Hall–Kier alpha value is -1.77. The van der Waals surface area contributed by atoms with Gasteiger partial charge < -0.3 is 4.74 Å². The molecule has 1 aromatic heterocycles. The van der Waals surface area contributed by atoms with Gasteiger partial charge in [-0.15, -0.1) is 10.2 Å². The van der Waals surface area contributed by atoms with E-state index in [1.54, 1.807) is 0 Å². The molecule has 0 atom stereocenters. The Kier molecular flexibility index (Phi) is 4.48. The molecule has 2 aromatic rings. The summed E-state index contributed by atoms with van der Waals surface area (Å²) in [6.07, 6.45) is 0.479. The minimum absolute atomic E-state index is 0.236. The van der Waals surface area contributed by atoms with Gasteiger partial charge in [-0.05, 0) is 5.56 Å². The van der Waals surface area contributed by atoms with Crippen molar-refractivity contribution in [1.82, 2.24) is 14.8 Å². The van der Waals surface area contributed by atoms with E-state index in [4.69, 9.17) is 9.88 Å². The molecule has 0 amide bonds. The Morgan fingerprint density at radius 2 is 1.95 bits per heavy atom. The van der Waals surface area contributed by atoms with Gasteiger partial charge in [0.1, 0.15) is 5.82 Å². The van der Waals surface area contributed by atoms with E-state index < -0.39 is 10.0 Å². The van der Waals surface area contributed by atoms with Gasteiger partial charge in [0.05, 0.1) is 6.61 Å². The molecule has 0 radical (unpaired) electrons. The number of methoxy groups -OCH3 is 1. The predicted molar refractivity (Wildman–Crippen MR) is 72.5 cm³/mol. The smallest absolute Gasteiger partial charge is 0.273 e. The Labute approximate surface area is 117 Å². The van der Waals surface area contributed by atoms with Gasteiger partial charge in [-0.1, -0.05) is 30.3 Å². The van der Waals surface area contributed by atoms with Crippen LogP contribution in [0.1, 0.15) is 11.4 Å². The average Bonchev–Trinajstić information content (AvgIpc) is 2.80. The SMILES string of the molecule is COCCn1c(Cc2ccccc2)nnc1S(N)(=O)=O. The Balaban J connectivity index is 2.35. The molecule has 1 aromatic carbocycles. The fourth-order valence-electron chi connectivity index (χ4n) is 1.85. The van der Waals surface area contributed by atoms with Crippen LogP contribution >= 0.6 is 0 Å². The van der Waals surface area contributed by atoms with E-state index >= 15 is 0 Å². The van der Waals surface area contributed by atoms with E-state index in [1.165, 1.54) is 11.7 Å². The van der Waals surface area contributed by atoms with Crippen LogP contribution in [0.3, 0.4) is 0 Å². The van der Waals surface area contributed by atoms with Crippen LogP contribution in [-0.4, -0.2) is 36.9 Å². The third-order valence-corrected chi connectivity index (χ3v) is 3.58. The highest BCUT2D eigenvalue weighted by molar-refractivity contribution is 7.89. The normalized spacial score (nSPS) is 11.7. The Bertz CT molecular complexity index is 667. The Morgan fingerprint density at radius 1 is 1.25 bits per heavy atom. The van der Waals surface area contributed by atoms with Crippen LogP contribution in [0.2, 0.25) is 0 Å². The zero-order chi connectivity index (χ0) is 14.6. The van der Waals surface area contributed by atoms with Gasteiger partial charge in [0.25, 0.3) is 15.2 Å². The van der Waals surface area contributed by atoms with Crippen molar-refractivity contribution in [3.8, 4) is 0 Å². The molecule has 0 bridgehead atoms. The summed E-state index contributed by atoms with van der Waals surface area (Å²) in [5.74, 6) is 0.539. The minimum Gasteiger partial charge on any atom is -0.383 e. The molecule has 108 valence electrons. The van der Waals surface area contributed by atoms with Crippen molar-refractivity contribution in [2.75, 3.05) is 13.7 Å². The number of rotatable bonds is 6. The van der Waals surface area contributed by atoms with E-state index in [-0.39, 0.29) is 5.16 Å². The number of ether oxygens (including phenoxy) is 1. The molecule has 0 fully saturated rings. The van der Waals surface area contributed by atoms with Crippen LogP contribution in [0, 0.1) is 0 Å². The van der Waals surface area contributed by atoms with Crippen LogP contribution in [-0.2, 0) is 27.7 Å². The number of aromatic nitrogens is 3. The number of nitrogens with two attached hydrogens (primary N) is 1. The number of hydrogen-bond donors (Lipinski definition) is 1. The van der Waals surface area contributed by atoms with Crippen molar-refractivity contribution < 1.29 is 13.2 Å². The van der Waals surface area contributed by atoms with Crippen molar-refractivity contribution in [2.24, 2.45) is 5.14 Å². The molecule has 0 aliphatic rings. The van der Waals surface area contributed by atoms with Gasteiger partial charge >= 0.3 is 0 Å². The molecule has 0 unspecified atom stereocenters. The lowest BCUT2D eigenvalue weighted by Crippen LogP contribution is -2.21. The first-order chi connectivity index (χ1) is 9.52. The molecule has 1 heterocycles. The van der Waals surface area contributed by atoms with Gasteiger partial charge in [0, 0.05) is 20.1 Å². The predicted octanol–water partition coefficient (Wildman–Crippen LogP) is 0.163. The standard InChI is InChI=1S/C12H16N4O3S/c1-19-8-7-16-11(9-10-5-3-2-4-6-10)14-15-12(16)20(13,17)18/h2-6H,7-9H2,1H3,(H2,13,17,18). The highest BCUT2D eigenvalue weighted by Gasteiger charge is 2.20. The van der Waals surface area contributed by atoms with Gasteiger partial charge in [0.15, 0.2) is 0 Å². The lowest BCUT2D eigenvalue weighted by molar-refractivity contribution is 0.183. The highest BCUT2D eigenvalue weighted by atomic mass is 32.2. The molecule has 0 aliphatic heterocycles. The molecule has 0 saturated carbocycles. The second kappa shape index (κ2) is 6.12. The van der Waals surface area contributed by atoms with Crippen LogP contribution in [0.15, 0.2) is 35.5 Å². The number of hydrogen-bond acceptors (Lipinski definition) is 5. The molecule has 8 heteroatoms. The molecule has 0 saturated heterocycles. The maximum Gasteiger partial charge on any atom is 0.273 e. The third kappa shape index (κ3) is 3.41. The summed E-state index contributed by atoms with van der Waals surface area (Å²) in [6.45, 7) is 0.680. The van der Waals surface area contributed by atoms with Crippen molar-refractivity contribution >= 4 is 10.0 Å². The number of primary sulfonamides is 1. The topological polar surface area (TPSA) is 100 Å². The Morgan fingerprint density at radius 3 is 2.55 bits per heavy atom. The quantitative estimate of drug-likeness (QED) is 0.818. The largest absolute Gasteiger partial charge is 0.383 e. The van der Waals surface area contributed by atoms with E-state index in [1.807, 2.05) is 30.3 Å². The number of benzene rings is 1. The fraction of sp³-hybridized carbons (Fsp3) is 0.333. The van der Waals surface area contributed by atoms with Crippen LogP contribution in [0.25, 0.3) is 0 Å². The second-order valence-corrected chi connectivity index (χ2v) is 5.71. The van der Waals surface area contributed by atoms with E-state index in [2.05, 4.69) is 10.2 Å². The van der Waals surface area contributed by atoms with Gasteiger partial charge in [-0.25, -0.2) is 13.6 Å². The summed E-state index contributed by atoms with van der Waals surface area (Å²) >= 11 is 0.